The van der Waals surface area contributed by atoms with Gasteiger partial charge in [-0.25, -0.2) is 4.68 Å². The Labute approximate surface area is 153 Å². The normalized spacial score (nSPS) is 15.1. The molecule has 0 saturated carbocycles. The van der Waals surface area contributed by atoms with Gasteiger partial charge < -0.3 is 10.2 Å². The molecule has 0 aliphatic carbocycles. The Morgan fingerprint density at radius 3 is 2.69 bits per heavy atom. The molecule has 3 rings (SSSR count). The van der Waals surface area contributed by atoms with Crippen molar-refractivity contribution in [3.8, 4) is 0 Å². The molecule has 1 fully saturated rings. The molecule has 26 heavy (non-hydrogen) atoms. The van der Waals surface area contributed by atoms with Crippen molar-refractivity contribution in [2.45, 2.75) is 26.2 Å². The van der Waals surface area contributed by atoms with E-state index in [1.807, 2.05) is 24.3 Å². The Morgan fingerprint density at radius 2 is 2.00 bits per heavy atom. The fourth-order valence-electron chi connectivity index (χ4n) is 3.41. The smallest absolute Gasteiger partial charge is 0.268 e. The highest BCUT2D eigenvalue weighted by Gasteiger charge is 2.21. The van der Waals surface area contributed by atoms with Gasteiger partial charge in [0.15, 0.2) is 0 Å². The quantitative estimate of drug-likeness (QED) is 0.892. The topological polar surface area (TPSA) is 67.2 Å². The molecule has 2 heterocycles. The van der Waals surface area contributed by atoms with E-state index in [2.05, 4.69) is 22.2 Å². The minimum Gasteiger partial charge on any atom is -0.370 e. The zero-order valence-corrected chi connectivity index (χ0v) is 15.4. The molecule has 0 radical (unpaired) electrons. The number of rotatable bonds is 5. The van der Waals surface area contributed by atoms with Gasteiger partial charge in [-0.05, 0) is 36.8 Å². The third-order valence-corrected chi connectivity index (χ3v) is 5.13. The summed E-state index contributed by atoms with van der Waals surface area (Å²) in [7, 11) is 1.65. The van der Waals surface area contributed by atoms with E-state index >= 15 is 0 Å². The fraction of sp³-hybridized carbons (Fsp3) is 0.450. The fourth-order valence-corrected chi connectivity index (χ4v) is 3.41. The number of carbonyl (C=O) groups excluding carboxylic acids is 1. The lowest BCUT2D eigenvalue weighted by atomic mass is 9.96. The van der Waals surface area contributed by atoms with Crippen LogP contribution in [0.2, 0.25) is 0 Å². The van der Waals surface area contributed by atoms with Gasteiger partial charge in [-0.1, -0.05) is 25.1 Å². The maximum Gasteiger partial charge on any atom is 0.268 e. The average molecular weight is 354 g/mol. The second-order valence-electron chi connectivity index (χ2n) is 6.83. The van der Waals surface area contributed by atoms with E-state index in [0.717, 1.165) is 49.2 Å². The molecule has 2 aromatic rings. The van der Waals surface area contributed by atoms with Gasteiger partial charge in [0.1, 0.15) is 0 Å². The largest absolute Gasteiger partial charge is 0.370 e. The number of amides is 1. The van der Waals surface area contributed by atoms with Crippen LogP contribution in [0.5, 0.6) is 0 Å². The number of aromatic nitrogens is 2. The van der Waals surface area contributed by atoms with Gasteiger partial charge >= 0.3 is 0 Å². The number of aryl methyl sites for hydroxylation is 2. The summed E-state index contributed by atoms with van der Waals surface area (Å²) in [6.07, 6.45) is 4.58. The van der Waals surface area contributed by atoms with E-state index in [1.54, 1.807) is 19.3 Å². The molecule has 1 saturated heterocycles. The Bertz CT molecular complexity index is 823. The summed E-state index contributed by atoms with van der Waals surface area (Å²) >= 11 is 0. The first-order valence-corrected chi connectivity index (χ1v) is 9.23. The third kappa shape index (κ3) is 4.12. The molecule has 0 unspecified atom stereocenters. The summed E-state index contributed by atoms with van der Waals surface area (Å²) in [5.41, 5.74) is 2.65. The number of nitrogens with one attached hydrogen (secondary N) is 1. The van der Waals surface area contributed by atoms with E-state index < -0.39 is 0 Å². The van der Waals surface area contributed by atoms with E-state index in [1.165, 1.54) is 4.68 Å². The predicted octanol–water partition coefficient (Wildman–Crippen LogP) is 1.99. The molecular weight excluding hydrogens is 328 g/mol. The first-order valence-electron chi connectivity index (χ1n) is 9.23. The van der Waals surface area contributed by atoms with Crippen molar-refractivity contribution in [1.29, 1.82) is 0 Å². The summed E-state index contributed by atoms with van der Waals surface area (Å²) in [6.45, 7) is 4.51. The average Bonchev–Trinajstić information content (AvgIpc) is 2.68. The van der Waals surface area contributed by atoms with Gasteiger partial charge in [-0.3, -0.25) is 9.59 Å². The van der Waals surface area contributed by atoms with Crippen molar-refractivity contribution in [2.75, 3.05) is 24.5 Å². The van der Waals surface area contributed by atoms with Crippen LogP contribution in [0.3, 0.4) is 0 Å². The molecule has 6 nitrogen and oxygen atoms in total. The van der Waals surface area contributed by atoms with Crippen molar-refractivity contribution in [1.82, 2.24) is 15.1 Å². The lowest BCUT2D eigenvalue weighted by molar-refractivity contribution is 0.0944. The van der Waals surface area contributed by atoms with Crippen LogP contribution in [0.15, 0.2) is 41.3 Å². The monoisotopic (exact) mass is 354 g/mol. The third-order valence-electron chi connectivity index (χ3n) is 5.13. The minimum atomic E-state index is -0.0912. The standard InChI is InChI=1S/C20H26N4O2/c1-3-16-6-4-5-7-18(16)20(26)21-13-15-8-10-24(11-9-15)17-12-19(25)23(2)22-14-17/h4-7,12,14-15H,3,8-11,13H2,1-2H3,(H,21,26). The second kappa shape index (κ2) is 8.17. The summed E-state index contributed by atoms with van der Waals surface area (Å²) < 4.78 is 1.33. The SMILES string of the molecule is CCc1ccccc1C(=O)NCC1CCN(c2cnn(C)c(=O)c2)CC1. The van der Waals surface area contributed by atoms with Crippen molar-refractivity contribution < 1.29 is 4.79 Å². The second-order valence-corrected chi connectivity index (χ2v) is 6.83. The van der Waals surface area contributed by atoms with Gasteiger partial charge in [0.25, 0.3) is 11.5 Å². The predicted molar refractivity (Wildman–Crippen MR) is 103 cm³/mol. The number of piperidine rings is 1. The molecule has 0 atom stereocenters. The first kappa shape index (κ1) is 18.2. The highest BCUT2D eigenvalue weighted by molar-refractivity contribution is 5.95. The molecule has 0 spiro atoms. The molecule has 1 amide bonds. The highest BCUT2D eigenvalue weighted by atomic mass is 16.1. The van der Waals surface area contributed by atoms with Gasteiger partial charge in [0.05, 0.1) is 11.9 Å². The van der Waals surface area contributed by atoms with E-state index in [4.69, 9.17) is 0 Å². The van der Waals surface area contributed by atoms with Gasteiger partial charge in [0.2, 0.25) is 0 Å². The van der Waals surface area contributed by atoms with E-state index in [9.17, 15) is 9.59 Å². The van der Waals surface area contributed by atoms with Crippen molar-refractivity contribution in [2.24, 2.45) is 13.0 Å². The van der Waals surface area contributed by atoms with Gasteiger partial charge in [-0.15, -0.1) is 0 Å². The maximum absolute atomic E-state index is 12.5. The number of anilines is 1. The van der Waals surface area contributed by atoms with Gasteiger partial charge in [-0.2, -0.15) is 5.10 Å². The highest BCUT2D eigenvalue weighted by Crippen LogP contribution is 2.21. The number of hydrogen-bond donors (Lipinski definition) is 1. The number of benzene rings is 1. The van der Waals surface area contributed by atoms with E-state index in [-0.39, 0.29) is 11.5 Å². The zero-order chi connectivity index (χ0) is 18.5. The number of carbonyl (C=O) groups is 1. The molecule has 138 valence electrons. The summed E-state index contributed by atoms with van der Waals surface area (Å²) in [4.78, 5) is 26.4. The molecule has 6 heteroatoms. The van der Waals surface area contributed by atoms with Crippen molar-refractivity contribution in [3.63, 3.8) is 0 Å². The molecule has 1 aliphatic heterocycles. The maximum atomic E-state index is 12.5. The molecular formula is C20H26N4O2. The van der Waals surface area contributed by atoms with Gasteiger partial charge in [0, 0.05) is 38.3 Å². The van der Waals surface area contributed by atoms with E-state index in [0.29, 0.717) is 12.5 Å². The van der Waals surface area contributed by atoms with Crippen LogP contribution in [0.25, 0.3) is 0 Å². The Morgan fingerprint density at radius 1 is 1.27 bits per heavy atom. The van der Waals surface area contributed by atoms with Crippen molar-refractivity contribution >= 4 is 11.6 Å². The minimum absolute atomic E-state index is 0.0145. The van der Waals surface area contributed by atoms with Crippen molar-refractivity contribution in [3.05, 3.63) is 58.0 Å². The lowest BCUT2D eigenvalue weighted by Crippen LogP contribution is -2.39. The van der Waals surface area contributed by atoms with Crippen LogP contribution in [0.4, 0.5) is 5.69 Å². The van der Waals surface area contributed by atoms with Crippen LogP contribution in [-0.2, 0) is 13.5 Å². The number of nitrogens with zero attached hydrogens (tertiary/aromatic N) is 3. The molecule has 1 aliphatic rings. The van der Waals surface area contributed by atoms with Crippen LogP contribution < -0.4 is 15.8 Å². The van der Waals surface area contributed by atoms with Crippen LogP contribution in [0.1, 0.15) is 35.7 Å². The van der Waals surface area contributed by atoms with Crippen LogP contribution >= 0.6 is 0 Å². The molecule has 1 N–H and O–H groups in total. The van der Waals surface area contributed by atoms with Crippen LogP contribution in [0, 0.1) is 5.92 Å². The Hall–Kier alpha value is -2.63. The first-order chi connectivity index (χ1) is 12.6. The molecule has 1 aromatic carbocycles. The van der Waals surface area contributed by atoms with Crippen LogP contribution in [-0.4, -0.2) is 35.3 Å². The zero-order valence-electron chi connectivity index (χ0n) is 15.4. The lowest BCUT2D eigenvalue weighted by Gasteiger charge is -2.33. The summed E-state index contributed by atoms with van der Waals surface area (Å²) in [6, 6.07) is 9.41. The summed E-state index contributed by atoms with van der Waals surface area (Å²) in [5, 5.41) is 7.18. The number of hydrogen-bond acceptors (Lipinski definition) is 4. The molecule has 0 bridgehead atoms. The Kier molecular flexibility index (Phi) is 5.71. The summed E-state index contributed by atoms with van der Waals surface area (Å²) in [5.74, 6) is 0.476. The molecule has 1 aromatic heterocycles. The Balaban J connectivity index is 1.52.